The molecule has 0 aromatic heterocycles. The van der Waals surface area contributed by atoms with E-state index in [9.17, 15) is 9.59 Å². The summed E-state index contributed by atoms with van der Waals surface area (Å²) in [5.74, 6) is -0.860. The number of aromatic carboxylic acids is 1. The fourth-order valence-corrected chi connectivity index (χ4v) is 2.00. The Labute approximate surface area is 134 Å². The van der Waals surface area contributed by atoms with Crippen LogP contribution >= 0.6 is 0 Å². The number of benzene rings is 2. The Morgan fingerprint density at radius 3 is 2.61 bits per heavy atom. The zero-order valence-corrected chi connectivity index (χ0v) is 13.1. The lowest BCUT2D eigenvalue weighted by molar-refractivity contribution is 0.0698. The summed E-state index contributed by atoms with van der Waals surface area (Å²) >= 11 is 0. The first kappa shape index (κ1) is 16.5. The highest BCUT2D eigenvalue weighted by molar-refractivity contribution is 6.07. The first-order valence-electron chi connectivity index (χ1n) is 7.41. The quantitative estimate of drug-likeness (QED) is 0.850. The van der Waals surface area contributed by atoms with Crippen LogP contribution in [0.4, 0.5) is 5.69 Å². The average molecular weight is 313 g/mol. The molecule has 0 saturated heterocycles. The second-order valence-corrected chi connectivity index (χ2v) is 5.17. The van der Waals surface area contributed by atoms with E-state index < -0.39 is 5.97 Å². The van der Waals surface area contributed by atoms with Crippen molar-refractivity contribution in [1.29, 1.82) is 0 Å². The molecule has 5 heteroatoms. The van der Waals surface area contributed by atoms with E-state index in [-0.39, 0.29) is 23.3 Å². The van der Waals surface area contributed by atoms with Crippen LogP contribution in [-0.4, -0.2) is 23.1 Å². The molecule has 0 aliphatic heterocycles. The predicted molar refractivity (Wildman–Crippen MR) is 88.2 cm³/mol. The van der Waals surface area contributed by atoms with Gasteiger partial charge in [-0.05, 0) is 43.7 Å². The van der Waals surface area contributed by atoms with Crippen LogP contribution < -0.4 is 10.1 Å². The summed E-state index contributed by atoms with van der Waals surface area (Å²) in [7, 11) is 0. The van der Waals surface area contributed by atoms with Crippen molar-refractivity contribution in [3.63, 3.8) is 0 Å². The molecule has 0 aliphatic rings. The van der Waals surface area contributed by atoms with Gasteiger partial charge >= 0.3 is 5.97 Å². The van der Waals surface area contributed by atoms with E-state index >= 15 is 0 Å². The fourth-order valence-electron chi connectivity index (χ4n) is 2.00. The number of anilines is 1. The molecule has 0 aliphatic carbocycles. The van der Waals surface area contributed by atoms with Crippen molar-refractivity contribution in [3.05, 3.63) is 59.7 Å². The third kappa shape index (κ3) is 4.32. The number of amides is 1. The minimum Gasteiger partial charge on any atom is -0.491 e. The van der Waals surface area contributed by atoms with Crippen LogP contribution in [0.1, 0.15) is 41.0 Å². The van der Waals surface area contributed by atoms with Gasteiger partial charge in [-0.2, -0.15) is 0 Å². The molecule has 2 aromatic carbocycles. The number of hydrogen-bond donors (Lipinski definition) is 2. The molecule has 0 saturated carbocycles. The zero-order valence-electron chi connectivity index (χ0n) is 13.1. The second kappa shape index (κ2) is 7.45. The predicted octanol–water partition coefficient (Wildman–Crippen LogP) is 3.81. The lowest BCUT2D eigenvalue weighted by Gasteiger charge is -2.13. The number of carboxylic acid groups (broad SMARTS) is 1. The smallest absolute Gasteiger partial charge is 0.337 e. The molecule has 0 fully saturated rings. The van der Waals surface area contributed by atoms with Gasteiger partial charge in [0, 0.05) is 5.56 Å². The van der Waals surface area contributed by atoms with Gasteiger partial charge in [0.05, 0.1) is 17.4 Å². The molecular weight excluding hydrogens is 294 g/mol. The second-order valence-electron chi connectivity index (χ2n) is 5.17. The molecule has 120 valence electrons. The van der Waals surface area contributed by atoms with Crippen molar-refractivity contribution in [3.8, 4) is 5.75 Å². The molecule has 0 radical (unpaired) electrons. The summed E-state index contributed by atoms with van der Waals surface area (Å²) in [4.78, 5) is 23.5. The lowest BCUT2D eigenvalue weighted by atomic mass is 10.1. The van der Waals surface area contributed by atoms with Crippen LogP contribution in [0.25, 0.3) is 0 Å². The van der Waals surface area contributed by atoms with E-state index in [0.29, 0.717) is 11.3 Å². The molecule has 5 nitrogen and oxygen atoms in total. The summed E-state index contributed by atoms with van der Waals surface area (Å²) in [6.45, 7) is 3.97. The standard InChI is InChI=1S/C18H19NO4/c1-3-12(2)23-14-8-6-7-13(11-14)17(20)19-16-10-5-4-9-15(16)18(21)22/h4-12H,3H2,1-2H3,(H,19,20)(H,21,22). The molecule has 0 bridgehead atoms. The third-order valence-electron chi connectivity index (χ3n) is 3.41. The molecule has 0 spiro atoms. The number of carbonyl (C=O) groups excluding carboxylic acids is 1. The highest BCUT2D eigenvalue weighted by Gasteiger charge is 2.13. The molecule has 2 aromatic rings. The maximum absolute atomic E-state index is 12.3. The number of carboxylic acids is 1. The van der Waals surface area contributed by atoms with Gasteiger partial charge < -0.3 is 15.2 Å². The average Bonchev–Trinajstić information content (AvgIpc) is 2.55. The van der Waals surface area contributed by atoms with Gasteiger partial charge in [-0.15, -0.1) is 0 Å². The number of hydrogen-bond acceptors (Lipinski definition) is 3. The molecule has 1 atom stereocenters. The minimum absolute atomic E-state index is 0.0489. The van der Waals surface area contributed by atoms with E-state index in [0.717, 1.165) is 6.42 Å². The number of rotatable bonds is 6. The van der Waals surface area contributed by atoms with E-state index in [4.69, 9.17) is 9.84 Å². The Bertz CT molecular complexity index is 712. The minimum atomic E-state index is -1.09. The van der Waals surface area contributed by atoms with Gasteiger partial charge in [0.15, 0.2) is 0 Å². The molecule has 23 heavy (non-hydrogen) atoms. The molecular formula is C18H19NO4. The highest BCUT2D eigenvalue weighted by Crippen LogP contribution is 2.19. The van der Waals surface area contributed by atoms with Gasteiger partial charge in [0.1, 0.15) is 5.75 Å². The summed E-state index contributed by atoms with van der Waals surface area (Å²) in [6.07, 6.45) is 0.920. The van der Waals surface area contributed by atoms with E-state index in [1.165, 1.54) is 6.07 Å². The van der Waals surface area contributed by atoms with Crippen molar-refractivity contribution in [2.24, 2.45) is 0 Å². The first-order valence-corrected chi connectivity index (χ1v) is 7.41. The Morgan fingerprint density at radius 2 is 1.91 bits per heavy atom. The monoisotopic (exact) mass is 313 g/mol. The molecule has 1 amide bonds. The number of carbonyl (C=O) groups is 2. The molecule has 0 heterocycles. The maximum atomic E-state index is 12.3. The van der Waals surface area contributed by atoms with Gasteiger partial charge in [-0.1, -0.05) is 25.1 Å². The van der Waals surface area contributed by atoms with Gasteiger partial charge in [0.25, 0.3) is 5.91 Å². The summed E-state index contributed by atoms with van der Waals surface area (Å²) in [6, 6.07) is 13.1. The Balaban J connectivity index is 2.18. The Hall–Kier alpha value is -2.82. The molecule has 1 unspecified atom stereocenters. The lowest BCUT2D eigenvalue weighted by Crippen LogP contribution is -2.15. The Morgan fingerprint density at radius 1 is 1.17 bits per heavy atom. The van der Waals surface area contributed by atoms with Crippen LogP contribution in [0, 0.1) is 0 Å². The van der Waals surface area contributed by atoms with Gasteiger partial charge in [-0.25, -0.2) is 4.79 Å². The summed E-state index contributed by atoms with van der Waals surface area (Å²) in [5, 5.41) is 11.8. The Kier molecular flexibility index (Phi) is 5.36. The van der Waals surface area contributed by atoms with Crippen LogP contribution in [0.5, 0.6) is 5.75 Å². The van der Waals surface area contributed by atoms with Crippen molar-refractivity contribution in [1.82, 2.24) is 0 Å². The SMILES string of the molecule is CCC(C)Oc1cccc(C(=O)Nc2ccccc2C(=O)O)c1. The molecule has 2 N–H and O–H groups in total. The molecule has 2 rings (SSSR count). The largest absolute Gasteiger partial charge is 0.491 e. The van der Waals surface area contributed by atoms with Crippen LogP contribution in [0.3, 0.4) is 0 Å². The normalized spacial score (nSPS) is 11.6. The van der Waals surface area contributed by atoms with E-state index in [1.54, 1.807) is 42.5 Å². The summed E-state index contributed by atoms with van der Waals surface area (Å²) < 4.78 is 5.69. The van der Waals surface area contributed by atoms with Crippen molar-refractivity contribution in [2.45, 2.75) is 26.4 Å². The van der Waals surface area contributed by atoms with Crippen LogP contribution in [0.2, 0.25) is 0 Å². The van der Waals surface area contributed by atoms with Gasteiger partial charge in [0.2, 0.25) is 0 Å². The topological polar surface area (TPSA) is 75.6 Å². The van der Waals surface area contributed by atoms with E-state index in [1.807, 2.05) is 13.8 Å². The number of para-hydroxylation sites is 1. The first-order chi connectivity index (χ1) is 11.0. The number of ether oxygens (including phenoxy) is 1. The van der Waals surface area contributed by atoms with Gasteiger partial charge in [-0.3, -0.25) is 4.79 Å². The number of nitrogens with one attached hydrogen (secondary N) is 1. The third-order valence-corrected chi connectivity index (χ3v) is 3.41. The van der Waals surface area contributed by atoms with Crippen LogP contribution in [-0.2, 0) is 0 Å². The van der Waals surface area contributed by atoms with Crippen molar-refractivity contribution >= 4 is 17.6 Å². The van der Waals surface area contributed by atoms with Crippen LogP contribution in [0.15, 0.2) is 48.5 Å². The fraction of sp³-hybridized carbons (Fsp3) is 0.222. The van der Waals surface area contributed by atoms with E-state index in [2.05, 4.69) is 5.32 Å². The van der Waals surface area contributed by atoms with Crippen molar-refractivity contribution < 1.29 is 19.4 Å². The van der Waals surface area contributed by atoms with Crippen molar-refractivity contribution in [2.75, 3.05) is 5.32 Å². The maximum Gasteiger partial charge on any atom is 0.337 e. The zero-order chi connectivity index (χ0) is 16.8. The summed E-state index contributed by atoms with van der Waals surface area (Å²) in [5.41, 5.74) is 0.720. The highest BCUT2D eigenvalue weighted by atomic mass is 16.5.